The van der Waals surface area contributed by atoms with Gasteiger partial charge in [0.15, 0.2) is 17.9 Å². The molecule has 0 saturated carbocycles. The summed E-state index contributed by atoms with van der Waals surface area (Å²) < 4.78 is 13.2. The molecule has 27 heavy (non-hydrogen) atoms. The van der Waals surface area contributed by atoms with Crippen LogP contribution in [0.4, 0.5) is 0 Å². The van der Waals surface area contributed by atoms with Gasteiger partial charge in [-0.15, -0.1) is 0 Å². The molecule has 0 radical (unpaired) electrons. The molecule has 2 rings (SSSR count). The van der Waals surface area contributed by atoms with Crippen LogP contribution in [0.1, 0.15) is 68.1 Å². The van der Waals surface area contributed by atoms with E-state index in [2.05, 4.69) is 76.5 Å². The third-order valence-electron chi connectivity index (χ3n) is 5.17. The lowest BCUT2D eigenvalue weighted by Crippen LogP contribution is -2.54. The van der Waals surface area contributed by atoms with Crippen LogP contribution in [0.15, 0.2) is 24.7 Å². The van der Waals surface area contributed by atoms with Crippen LogP contribution in [-0.2, 0) is 33.6 Å². The van der Waals surface area contributed by atoms with Crippen molar-refractivity contribution in [2.75, 3.05) is 14.2 Å². The molecule has 2 heterocycles. The van der Waals surface area contributed by atoms with Gasteiger partial charge in [0.2, 0.25) is 0 Å². The van der Waals surface area contributed by atoms with Gasteiger partial charge in [-0.1, -0.05) is 20.8 Å². The number of rotatable bonds is 6. The summed E-state index contributed by atoms with van der Waals surface area (Å²) in [5.41, 5.74) is 7.08. The van der Waals surface area contributed by atoms with Crippen molar-refractivity contribution < 1.29 is 14.0 Å². The molecule has 0 amide bonds. The monoisotopic (exact) mass is 371 g/mol. The van der Waals surface area contributed by atoms with Crippen LogP contribution in [0.2, 0.25) is 0 Å². The highest BCUT2D eigenvalue weighted by Gasteiger charge is 2.37. The molecule has 4 heteroatoms. The van der Waals surface area contributed by atoms with Crippen LogP contribution in [0.25, 0.3) is 0 Å². The Labute approximate surface area is 164 Å². The molecule has 0 saturated heterocycles. The first-order valence-corrected chi connectivity index (χ1v) is 9.52. The van der Waals surface area contributed by atoms with E-state index in [1.54, 1.807) is 14.2 Å². The molecule has 4 nitrogen and oxygen atoms in total. The Morgan fingerprint density at radius 2 is 1.52 bits per heavy atom. The lowest BCUT2D eigenvalue weighted by atomic mass is 9.81. The van der Waals surface area contributed by atoms with Crippen molar-refractivity contribution in [3.8, 4) is 0 Å². The predicted molar refractivity (Wildman–Crippen MR) is 109 cm³/mol. The van der Waals surface area contributed by atoms with E-state index in [0.717, 1.165) is 5.69 Å². The van der Waals surface area contributed by atoms with Crippen LogP contribution in [0, 0.1) is 13.8 Å². The van der Waals surface area contributed by atoms with E-state index < -0.39 is 0 Å². The summed E-state index contributed by atoms with van der Waals surface area (Å²) >= 11 is 0. The molecule has 0 bridgehead atoms. The fourth-order valence-corrected chi connectivity index (χ4v) is 4.28. The number of hydrogen-bond donors (Lipinski definition) is 0. The maximum Gasteiger partial charge on any atom is 0.189 e. The Kier molecular flexibility index (Phi) is 6.43. The van der Waals surface area contributed by atoms with Crippen LogP contribution < -0.4 is 4.57 Å². The van der Waals surface area contributed by atoms with Gasteiger partial charge in [-0.05, 0) is 36.5 Å². The summed E-state index contributed by atoms with van der Waals surface area (Å²) in [7, 11) is 3.47. The average molecular weight is 372 g/mol. The maximum atomic E-state index is 5.53. The van der Waals surface area contributed by atoms with Gasteiger partial charge in [0.25, 0.3) is 0 Å². The Bertz CT molecular complexity index is 805. The summed E-state index contributed by atoms with van der Waals surface area (Å²) in [6.07, 6.45) is 6.35. The first kappa shape index (κ1) is 21.5. The first-order valence-electron chi connectivity index (χ1n) is 9.52. The van der Waals surface area contributed by atoms with Gasteiger partial charge >= 0.3 is 0 Å². The zero-order valence-corrected chi connectivity index (χ0v) is 18.4. The van der Waals surface area contributed by atoms with Crippen molar-refractivity contribution in [3.63, 3.8) is 0 Å². The van der Waals surface area contributed by atoms with Crippen molar-refractivity contribution in [1.29, 1.82) is 0 Å². The molecule has 0 atom stereocenters. The lowest BCUT2D eigenvalue weighted by Gasteiger charge is -2.28. The average Bonchev–Trinajstić information content (AvgIpc) is 2.53. The minimum atomic E-state index is -0.268. The SMILES string of the molecule is COCc1c[n+](C(C)(C)c2c(C)ccnc2COC)cc(C)c1C(C)(C)C. The number of methoxy groups -OCH3 is 2. The standard InChI is InChI=1S/C23H35N2O2/c1-16-10-11-24-19(15-27-9)21(16)23(6,7)25-12-17(2)20(22(3,4)5)18(13-25)14-26-8/h10-13H,14-15H2,1-9H3/q+1. The number of hydrogen-bond acceptors (Lipinski definition) is 3. The van der Waals surface area contributed by atoms with Crippen molar-refractivity contribution in [1.82, 2.24) is 4.98 Å². The van der Waals surface area contributed by atoms with Gasteiger partial charge in [-0.25, -0.2) is 0 Å². The fraction of sp³-hybridized carbons (Fsp3) is 0.565. The molecule has 0 aliphatic carbocycles. The van der Waals surface area contributed by atoms with Gasteiger partial charge in [0, 0.05) is 51.0 Å². The van der Waals surface area contributed by atoms with E-state index in [1.807, 2.05) is 6.20 Å². The third-order valence-corrected chi connectivity index (χ3v) is 5.17. The zero-order valence-electron chi connectivity index (χ0n) is 18.4. The summed E-state index contributed by atoms with van der Waals surface area (Å²) in [6.45, 7) is 16.7. The number of aryl methyl sites for hydroxylation is 2. The van der Waals surface area contributed by atoms with E-state index in [4.69, 9.17) is 9.47 Å². The predicted octanol–water partition coefficient (Wildman–Crippen LogP) is 4.36. The van der Waals surface area contributed by atoms with Crippen LogP contribution in [0.3, 0.4) is 0 Å². The van der Waals surface area contributed by atoms with Crippen molar-refractivity contribution in [2.45, 2.75) is 72.6 Å². The Hall–Kier alpha value is -1.78. The smallest absolute Gasteiger partial charge is 0.189 e. The highest BCUT2D eigenvalue weighted by atomic mass is 16.5. The molecule has 148 valence electrons. The van der Waals surface area contributed by atoms with Crippen LogP contribution >= 0.6 is 0 Å². The summed E-state index contributed by atoms with van der Waals surface area (Å²) in [5.74, 6) is 0. The van der Waals surface area contributed by atoms with Crippen molar-refractivity contribution >= 4 is 0 Å². The topological polar surface area (TPSA) is 35.2 Å². The van der Waals surface area contributed by atoms with E-state index in [0.29, 0.717) is 13.2 Å². The Morgan fingerprint density at radius 1 is 0.889 bits per heavy atom. The molecule has 0 aliphatic rings. The van der Waals surface area contributed by atoms with Gasteiger partial charge in [0.05, 0.1) is 18.9 Å². The van der Waals surface area contributed by atoms with Crippen molar-refractivity contribution in [3.05, 3.63) is 58.2 Å². The number of ether oxygens (including phenoxy) is 2. The molecule has 2 aromatic heterocycles. The second-order valence-corrected chi connectivity index (χ2v) is 8.87. The molecule has 0 aliphatic heterocycles. The van der Waals surface area contributed by atoms with E-state index in [1.165, 1.54) is 27.8 Å². The van der Waals surface area contributed by atoms with E-state index in [-0.39, 0.29) is 11.0 Å². The quantitative estimate of drug-likeness (QED) is 0.708. The minimum absolute atomic E-state index is 0.0621. The molecule has 2 aromatic rings. The highest BCUT2D eigenvalue weighted by Crippen LogP contribution is 2.31. The third kappa shape index (κ3) is 4.39. The van der Waals surface area contributed by atoms with Crippen LogP contribution in [0.5, 0.6) is 0 Å². The number of pyridine rings is 2. The lowest BCUT2D eigenvalue weighted by molar-refractivity contribution is -0.748. The van der Waals surface area contributed by atoms with E-state index in [9.17, 15) is 0 Å². The number of nitrogens with zero attached hydrogens (tertiary/aromatic N) is 2. The first-order chi connectivity index (χ1) is 12.5. The molecule has 0 fully saturated rings. The molecule has 0 N–H and O–H groups in total. The highest BCUT2D eigenvalue weighted by molar-refractivity contribution is 5.36. The van der Waals surface area contributed by atoms with Gasteiger partial charge in [0.1, 0.15) is 0 Å². The minimum Gasteiger partial charge on any atom is -0.380 e. The fourth-order valence-electron chi connectivity index (χ4n) is 4.28. The van der Waals surface area contributed by atoms with Crippen LogP contribution in [-0.4, -0.2) is 19.2 Å². The molecule has 0 aromatic carbocycles. The normalized spacial score (nSPS) is 12.5. The number of aromatic nitrogens is 2. The zero-order chi connectivity index (χ0) is 20.4. The van der Waals surface area contributed by atoms with Gasteiger partial charge in [-0.3, -0.25) is 4.98 Å². The second-order valence-electron chi connectivity index (χ2n) is 8.87. The summed E-state index contributed by atoms with van der Waals surface area (Å²) in [4.78, 5) is 4.60. The summed E-state index contributed by atoms with van der Waals surface area (Å²) in [6, 6.07) is 2.07. The van der Waals surface area contributed by atoms with Crippen molar-refractivity contribution in [2.24, 2.45) is 0 Å². The molecular formula is C23H35N2O2+. The summed E-state index contributed by atoms with van der Waals surface area (Å²) in [5, 5.41) is 0. The molecular weight excluding hydrogens is 336 g/mol. The largest absolute Gasteiger partial charge is 0.380 e. The molecule has 0 spiro atoms. The second kappa shape index (κ2) is 8.07. The maximum absolute atomic E-state index is 5.53. The van der Waals surface area contributed by atoms with Gasteiger partial charge < -0.3 is 9.47 Å². The Morgan fingerprint density at radius 3 is 2.07 bits per heavy atom. The Balaban J connectivity index is 2.71. The molecule has 0 unspecified atom stereocenters. The van der Waals surface area contributed by atoms with Gasteiger partial charge in [-0.2, -0.15) is 4.57 Å². The van der Waals surface area contributed by atoms with E-state index >= 15 is 0 Å².